The van der Waals surface area contributed by atoms with Crippen molar-refractivity contribution in [3.63, 3.8) is 0 Å². The Morgan fingerprint density at radius 1 is 1.36 bits per heavy atom. The van der Waals surface area contributed by atoms with E-state index in [1.165, 1.54) is 6.42 Å². The summed E-state index contributed by atoms with van der Waals surface area (Å²) in [6.07, 6.45) is 7.88. The molecule has 0 radical (unpaired) electrons. The molecule has 0 spiro atoms. The van der Waals surface area contributed by atoms with Gasteiger partial charge in [-0.2, -0.15) is 5.10 Å². The van der Waals surface area contributed by atoms with Crippen LogP contribution in [0.4, 0.5) is 0 Å². The highest BCUT2D eigenvalue weighted by Crippen LogP contribution is 2.20. The summed E-state index contributed by atoms with van der Waals surface area (Å²) in [5.74, 6) is 0.666. The van der Waals surface area contributed by atoms with Crippen LogP contribution in [0.2, 0.25) is 0 Å². The van der Waals surface area contributed by atoms with Crippen LogP contribution in [0, 0.1) is 12.8 Å². The topological polar surface area (TPSA) is 50.6 Å². The summed E-state index contributed by atoms with van der Waals surface area (Å²) in [5.41, 5.74) is 1.57. The lowest BCUT2D eigenvalue weighted by molar-refractivity contribution is 0.0313. The lowest BCUT2D eigenvalue weighted by Crippen LogP contribution is -2.44. The maximum atomic E-state index is 13.1. The van der Waals surface area contributed by atoms with Gasteiger partial charge in [-0.1, -0.05) is 12.2 Å². The zero-order valence-corrected chi connectivity index (χ0v) is 15.5. The highest BCUT2D eigenvalue weighted by molar-refractivity contribution is 5.92. The van der Waals surface area contributed by atoms with Crippen molar-refractivity contribution in [3.05, 3.63) is 29.6 Å². The predicted octanol–water partition coefficient (Wildman–Crippen LogP) is 1.86. The fourth-order valence-electron chi connectivity index (χ4n) is 3.67. The Hall–Kier alpha value is -1.66. The molecule has 138 valence electrons. The van der Waals surface area contributed by atoms with Crippen molar-refractivity contribution >= 4 is 5.91 Å². The molecule has 1 aromatic rings. The molecular weight excluding hydrogens is 316 g/mol. The van der Waals surface area contributed by atoms with Crippen LogP contribution in [-0.4, -0.2) is 71.4 Å². The van der Waals surface area contributed by atoms with Crippen molar-refractivity contribution in [3.8, 4) is 0 Å². The molecule has 1 fully saturated rings. The quantitative estimate of drug-likeness (QED) is 0.738. The Labute approximate surface area is 150 Å². The molecule has 0 bridgehead atoms. The standard InChI is InChI=1S/C19H30N4O2/c1-16-14-18(21(2)20-16)19(24)23(15-17-6-4-3-5-7-17)9-8-22-10-12-25-13-11-22/h3-4,14,17H,5-13,15H2,1-2H3. The van der Waals surface area contributed by atoms with Gasteiger partial charge in [0.15, 0.2) is 0 Å². The fraction of sp³-hybridized carbons (Fsp3) is 0.684. The Balaban J connectivity index is 1.67. The number of nitrogens with zero attached hydrogens (tertiary/aromatic N) is 4. The lowest BCUT2D eigenvalue weighted by atomic mass is 9.94. The van der Waals surface area contributed by atoms with Crippen LogP contribution in [0.15, 0.2) is 18.2 Å². The van der Waals surface area contributed by atoms with Gasteiger partial charge in [0.25, 0.3) is 5.91 Å². The van der Waals surface area contributed by atoms with Crippen LogP contribution in [0.5, 0.6) is 0 Å². The normalized spacial score (nSPS) is 21.4. The third-order valence-electron chi connectivity index (χ3n) is 5.15. The molecule has 25 heavy (non-hydrogen) atoms. The molecule has 2 aliphatic rings. The van der Waals surface area contributed by atoms with Gasteiger partial charge in [-0.05, 0) is 38.2 Å². The first kappa shape index (κ1) is 18.1. The summed E-state index contributed by atoms with van der Waals surface area (Å²) in [4.78, 5) is 17.6. The Morgan fingerprint density at radius 2 is 2.16 bits per heavy atom. The zero-order valence-electron chi connectivity index (χ0n) is 15.5. The largest absolute Gasteiger partial charge is 0.379 e. The number of amides is 1. The molecule has 0 aromatic carbocycles. The average molecular weight is 346 g/mol. The molecule has 6 nitrogen and oxygen atoms in total. The van der Waals surface area contributed by atoms with Gasteiger partial charge in [-0.3, -0.25) is 14.4 Å². The van der Waals surface area contributed by atoms with Gasteiger partial charge in [0, 0.05) is 39.8 Å². The number of rotatable bonds is 6. The SMILES string of the molecule is Cc1cc(C(=O)N(CCN2CCOCC2)CC2CC=CCC2)n(C)n1. The first-order valence-corrected chi connectivity index (χ1v) is 9.38. The Kier molecular flexibility index (Phi) is 6.26. The summed E-state index contributed by atoms with van der Waals surface area (Å²) < 4.78 is 7.13. The van der Waals surface area contributed by atoms with Gasteiger partial charge in [0.1, 0.15) is 5.69 Å². The monoisotopic (exact) mass is 346 g/mol. The van der Waals surface area contributed by atoms with E-state index >= 15 is 0 Å². The fourth-order valence-corrected chi connectivity index (χ4v) is 3.67. The molecule has 1 aliphatic carbocycles. The van der Waals surface area contributed by atoms with Crippen molar-refractivity contribution < 1.29 is 9.53 Å². The number of allylic oxidation sites excluding steroid dienone is 2. The molecule has 1 atom stereocenters. The minimum atomic E-state index is 0.103. The minimum Gasteiger partial charge on any atom is -0.379 e. The van der Waals surface area contributed by atoms with Crippen LogP contribution in [0.25, 0.3) is 0 Å². The second-order valence-corrected chi connectivity index (χ2v) is 7.15. The summed E-state index contributed by atoms with van der Waals surface area (Å²) in [5, 5.41) is 4.34. The highest BCUT2D eigenvalue weighted by Gasteiger charge is 2.24. The van der Waals surface area contributed by atoms with E-state index in [1.807, 2.05) is 24.9 Å². The number of ether oxygens (including phenoxy) is 1. The number of carbonyl (C=O) groups excluding carboxylic acids is 1. The van der Waals surface area contributed by atoms with Crippen LogP contribution in [-0.2, 0) is 11.8 Å². The van der Waals surface area contributed by atoms with Gasteiger partial charge in [-0.15, -0.1) is 0 Å². The third kappa shape index (κ3) is 4.92. The van der Waals surface area contributed by atoms with Crippen molar-refractivity contribution in [2.75, 3.05) is 45.9 Å². The van der Waals surface area contributed by atoms with Gasteiger partial charge >= 0.3 is 0 Å². The Bertz CT molecular complexity index is 605. The van der Waals surface area contributed by atoms with Crippen molar-refractivity contribution in [2.24, 2.45) is 13.0 Å². The van der Waals surface area contributed by atoms with E-state index in [9.17, 15) is 4.79 Å². The highest BCUT2D eigenvalue weighted by atomic mass is 16.5. The summed E-state index contributed by atoms with van der Waals surface area (Å²) in [6, 6.07) is 1.89. The van der Waals surface area contributed by atoms with Gasteiger partial charge in [-0.25, -0.2) is 0 Å². The molecule has 1 unspecified atom stereocenters. The van der Waals surface area contributed by atoms with Gasteiger partial charge < -0.3 is 9.64 Å². The first-order chi connectivity index (χ1) is 12.1. The molecule has 1 aromatic heterocycles. The van der Waals surface area contributed by atoms with Crippen LogP contribution in [0.1, 0.15) is 35.4 Å². The lowest BCUT2D eigenvalue weighted by Gasteiger charge is -2.32. The second-order valence-electron chi connectivity index (χ2n) is 7.15. The molecule has 0 N–H and O–H groups in total. The first-order valence-electron chi connectivity index (χ1n) is 9.38. The molecule has 2 heterocycles. The number of aromatic nitrogens is 2. The summed E-state index contributed by atoms with van der Waals surface area (Å²) in [7, 11) is 1.85. The van der Waals surface area contributed by atoms with E-state index in [2.05, 4.69) is 22.2 Å². The maximum Gasteiger partial charge on any atom is 0.272 e. The van der Waals surface area contributed by atoms with Crippen molar-refractivity contribution in [1.29, 1.82) is 0 Å². The van der Waals surface area contributed by atoms with E-state index in [1.54, 1.807) is 4.68 Å². The Morgan fingerprint density at radius 3 is 2.80 bits per heavy atom. The van der Waals surface area contributed by atoms with E-state index in [4.69, 9.17) is 4.74 Å². The molecule has 0 saturated carbocycles. The molecule has 1 amide bonds. The van der Waals surface area contributed by atoms with Gasteiger partial charge in [0.05, 0.1) is 18.9 Å². The predicted molar refractivity (Wildman–Crippen MR) is 97.6 cm³/mol. The molecule has 3 rings (SSSR count). The van der Waals surface area contributed by atoms with E-state index in [0.717, 1.165) is 64.5 Å². The third-order valence-corrected chi connectivity index (χ3v) is 5.15. The number of morpholine rings is 1. The summed E-state index contributed by atoms with van der Waals surface area (Å²) in [6.45, 7) is 7.94. The minimum absolute atomic E-state index is 0.103. The second kappa shape index (κ2) is 8.63. The van der Waals surface area contributed by atoms with Crippen LogP contribution < -0.4 is 0 Å². The number of hydrogen-bond donors (Lipinski definition) is 0. The number of hydrogen-bond acceptors (Lipinski definition) is 4. The molecule has 1 saturated heterocycles. The molecular formula is C19H30N4O2. The van der Waals surface area contributed by atoms with E-state index in [-0.39, 0.29) is 5.91 Å². The van der Waals surface area contributed by atoms with Crippen molar-refractivity contribution in [2.45, 2.75) is 26.2 Å². The summed E-state index contributed by atoms with van der Waals surface area (Å²) >= 11 is 0. The van der Waals surface area contributed by atoms with E-state index < -0.39 is 0 Å². The molecule has 1 aliphatic heterocycles. The molecule has 6 heteroatoms. The average Bonchev–Trinajstić information content (AvgIpc) is 2.98. The van der Waals surface area contributed by atoms with Crippen molar-refractivity contribution in [1.82, 2.24) is 19.6 Å². The number of carbonyl (C=O) groups is 1. The van der Waals surface area contributed by atoms with Crippen LogP contribution in [0.3, 0.4) is 0 Å². The number of aryl methyl sites for hydroxylation is 2. The smallest absolute Gasteiger partial charge is 0.272 e. The van der Waals surface area contributed by atoms with E-state index in [0.29, 0.717) is 11.6 Å². The maximum absolute atomic E-state index is 13.1. The zero-order chi connectivity index (χ0) is 17.6. The van der Waals surface area contributed by atoms with Crippen LogP contribution >= 0.6 is 0 Å². The van der Waals surface area contributed by atoms with Gasteiger partial charge in [0.2, 0.25) is 0 Å².